The van der Waals surface area contributed by atoms with Gasteiger partial charge in [-0.05, 0) is 49.8 Å². The topological polar surface area (TPSA) is 112 Å². The number of benzene rings is 1. The quantitative estimate of drug-likeness (QED) is 0.336. The Kier molecular flexibility index (Phi) is 6.98. The second-order valence-electron chi connectivity index (χ2n) is 10.8. The maximum absolute atomic E-state index is 16.0. The molecule has 2 aromatic heterocycles. The summed E-state index contributed by atoms with van der Waals surface area (Å²) in [5.41, 5.74) is 0.386. The maximum atomic E-state index is 16.0. The molecule has 1 spiro atoms. The Hall–Kier alpha value is -3.35. The number of aryl methyl sites for hydroxylation is 1. The number of hydrogen-bond acceptors (Lipinski definition) is 7. The van der Waals surface area contributed by atoms with Crippen LogP contribution in [-0.4, -0.2) is 65.9 Å². The van der Waals surface area contributed by atoms with Crippen molar-refractivity contribution in [2.24, 2.45) is 5.92 Å². The number of aliphatic hydroxyl groups is 1. The molecule has 0 unspecified atom stereocenters. The van der Waals surface area contributed by atoms with Crippen LogP contribution in [0.1, 0.15) is 24.6 Å². The van der Waals surface area contributed by atoms with E-state index in [2.05, 4.69) is 10.3 Å². The first-order valence-corrected chi connectivity index (χ1v) is 16.0. The number of carbonyl (C=O) groups excluding carboxylic acids is 1. The Morgan fingerprint density at radius 2 is 2.03 bits per heavy atom. The zero-order chi connectivity index (χ0) is 28.1. The molecule has 1 fully saturated rings. The predicted molar refractivity (Wildman–Crippen MR) is 145 cm³/mol. The van der Waals surface area contributed by atoms with Gasteiger partial charge in [-0.25, -0.2) is 0 Å². The fourth-order valence-electron chi connectivity index (χ4n) is 6.33. The third-order valence-corrected chi connectivity index (χ3v) is 10.5. The number of likely N-dealkylation sites (N-methyl/N-ethyl adjacent to an activating group) is 1. The first-order chi connectivity index (χ1) is 18.5. The number of pyridine rings is 1. The SMILES string of the molecule is COc1cccn(-c2ccc3c(c2)[C@]2(O[C@@H](CCn4cc(CCO)nn4)[C@H]([Si](C)(C)F)[C@H]2C)C(=O)N3C)c1=O. The highest BCUT2D eigenvalue weighted by Crippen LogP contribution is 2.60. The molecular formula is C27H34FN5O5Si. The molecule has 208 valence electrons. The Morgan fingerprint density at radius 3 is 2.72 bits per heavy atom. The van der Waals surface area contributed by atoms with Crippen LogP contribution in [0.5, 0.6) is 5.75 Å². The van der Waals surface area contributed by atoms with Gasteiger partial charge in [-0.1, -0.05) is 12.1 Å². The van der Waals surface area contributed by atoms with Crippen molar-refractivity contribution in [1.29, 1.82) is 0 Å². The lowest BCUT2D eigenvalue weighted by Gasteiger charge is -2.31. The van der Waals surface area contributed by atoms with Gasteiger partial charge in [-0.2, -0.15) is 0 Å². The van der Waals surface area contributed by atoms with Crippen molar-refractivity contribution in [2.45, 2.75) is 56.7 Å². The van der Waals surface area contributed by atoms with E-state index >= 15 is 4.11 Å². The summed E-state index contributed by atoms with van der Waals surface area (Å²) in [5, 5.41) is 17.4. The predicted octanol–water partition coefficient (Wildman–Crippen LogP) is 2.81. The molecule has 1 amide bonds. The Morgan fingerprint density at radius 1 is 1.26 bits per heavy atom. The van der Waals surface area contributed by atoms with E-state index in [1.807, 2.05) is 6.92 Å². The number of nitrogens with zero attached hydrogens (tertiary/aromatic N) is 5. The number of hydrogen-bond donors (Lipinski definition) is 1. The van der Waals surface area contributed by atoms with Crippen LogP contribution in [0.15, 0.2) is 47.5 Å². The zero-order valence-corrected chi connectivity index (χ0v) is 23.8. The van der Waals surface area contributed by atoms with Gasteiger partial charge in [0.2, 0.25) is 8.41 Å². The lowest BCUT2D eigenvalue weighted by Crippen LogP contribution is -2.44. The van der Waals surface area contributed by atoms with Gasteiger partial charge in [-0.15, -0.1) is 5.10 Å². The molecule has 1 aromatic carbocycles. The summed E-state index contributed by atoms with van der Waals surface area (Å²) in [5.74, 6) is -0.479. The molecule has 10 nitrogen and oxygen atoms in total. The summed E-state index contributed by atoms with van der Waals surface area (Å²) in [6.07, 6.45) is 3.73. The van der Waals surface area contributed by atoms with Crippen LogP contribution in [0.4, 0.5) is 9.80 Å². The largest absolute Gasteiger partial charge is 0.491 e. The lowest BCUT2D eigenvalue weighted by molar-refractivity contribution is -0.145. The van der Waals surface area contributed by atoms with Gasteiger partial charge in [0, 0.05) is 61.7 Å². The molecule has 0 aliphatic carbocycles. The first kappa shape index (κ1) is 27.2. The smallest absolute Gasteiger partial charge is 0.297 e. The number of anilines is 1. The van der Waals surface area contributed by atoms with Gasteiger partial charge in [0.1, 0.15) is 0 Å². The molecule has 39 heavy (non-hydrogen) atoms. The second-order valence-corrected chi connectivity index (χ2v) is 14.6. The Labute approximate surface area is 227 Å². The number of halogens is 1. The van der Waals surface area contributed by atoms with Crippen molar-refractivity contribution < 1.29 is 23.5 Å². The summed E-state index contributed by atoms with van der Waals surface area (Å²) in [7, 11) is -0.170. The number of ether oxygens (including phenoxy) is 2. The third-order valence-electron chi connectivity index (χ3n) is 8.08. The monoisotopic (exact) mass is 555 g/mol. The highest BCUT2D eigenvalue weighted by atomic mass is 28.4. The van der Waals surface area contributed by atoms with Crippen LogP contribution in [0.2, 0.25) is 18.6 Å². The van der Waals surface area contributed by atoms with E-state index < -0.39 is 31.6 Å². The lowest BCUT2D eigenvalue weighted by atomic mass is 9.82. The normalized spacial score (nSPS) is 24.5. The number of fused-ring (bicyclic) bond motifs is 2. The van der Waals surface area contributed by atoms with Crippen molar-refractivity contribution in [3.05, 3.63) is 64.3 Å². The zero-order valence-electron chi connectivity index (χ0n) is 22.8. The summed E-state index contributed by atoms with van der Waals surface area (Å²) < 4.78 is 31.0. The molecular weight excluding hydrogens is 521 g/mol. The summed E-state index contributed by atoms with van der Waals surface area (Å²) in [4.78, 5) is 28.5. The minimum Gasteiger partial charge on any atom is -0.491 e. The molecule has 2 aliphatic rings. The van der Waals surface area contributed by atoms with E-state index in [1.165, 1.54) is 11.7 Å². The van der Waals surface area contributed by atoms with E-state index in [4.69, 9.17) is 14.6 Å². The second kappa shape index (κ2) is 9.99. The van der Waals surface area contributed by atoms with Gasteiger partial charge in [0.05, 0.1) is 24.6 Å². The van der Waals surface area contributed by atoms with Gasteiger partial charge in [0.25, 0.3) is 11.5 Å². The van der Waals surface area contributed by atoms with Gasteiger partial charge in [-0.3, -0.25) is 18.8 Å². The molecule has 1 N–H and O–H groups in total. The van der Waals surface area contributed by atoms with E-state index in [0.29, 0.717) is 42.0 Å². The van der Waals surface area contributed by atoms with Gasteiger partial charge >= 0.3 is 0 Å². The molecule has 0 saturated carbocycles. The van der Waals surface area contributed by atoms with Crippen molar-refractivity contribution in [1.82, 2.24) is 19.6 Å². The highest BCUT2D eigenvalue weighted by molar-refractivity contribution is 6.72. The van der Waals surface area contributed by atoms with Crippen LogP contribution >= 0.6 is 0 Å². The fraction of sp³-hybridized carbons (Fsp3) is 0.481. The molecule has 12 heteroatoms. The molecule has 4 atom stereocenters. The number of methoxy groups -OCH3 is 1. The number of carbonyl (C=O) groups is 1. The summed E-state index contributed by atoms with van der Waals surface area (Å²) >= 11 is 0. The first-order valence-electron chi connectivity index (χ1n) is 13.1. The molecule has 0 bridgehead atoms. The minimum atomic E-state index is -3.31. The standard InChI is InChI=1S/C27H34FN5O5Si/c1-17-24(39(4,5)28)22(10-13-32-16-18(11-14-34)29-30-32)38-27(17)20-15-19(8-9-21(20)31(2)26(27)36)33-12-6-7-23(37-3)25(33)35/h6-9,12,15-17,22,24,34H,10-11,13-14H2,1-5H3/t17-,22+,24-,27+/m1/s1. The Bertz CT molecular complexity index is 1450. The molecule has 4 heterocycles. The van der Waals surface area contributed by atoms with Crippen molar-refractivity contribution in [2.75, 3.05) is 25.7 Å². The van der Waals surface area contributed by atoms with Crippen molar-refractivity contribution >= 4 is 20.0 Å². The number of rotatable bonds is 8. The van der Waals surface area contributed by atoms with Crippen LogP contribution in [-0.2, 0) is 28.1 Å². The summed E-state index contributed by atoms with van der Waals surface area (Å²) in [6, 6.07) is 8.70. The van der Waals surface area contributed by atoms with Gasteiger partial charge < -0.3 is 23.6 Å². The maximum Gasteiger partial charge on any atom is 0.297 e. The molecule has 3 aromatic rings. The molecule has 5 rings (SSSR count). The van der Waals surface area contributed by atoms with E-state index in [1.54, 1.807) is 72.4 Å². The number of aliphatic hydroxyl groups excluding tert-OH is 1. The highest BCUT2D eigenvalue weighted by Gasteiger charge is 2.66. The van der Waals surface area contributed by atoms with Crippen LogP contribution < -0.4 is 15.2 Å². The average molecular weight is 556 g/mol. The van der Waals surface area contributed by atoms with Crippen LogP contribution in [0, 0.1) is 5.92 Å². The molecule has 0 radical (unpaired) electrons. The van der Waals surface area contributed by atoms with E-state index in [-0.39, 0.29) is 23.8 Å². The van der Waals surface area contributed by atoms with Crippen LogP contribution in [0.3, 0.4) is 0 Å². The van der Waals surface area contributed by atoms with Gasteiger partial charge in [0.15, 0.2) is 11.4 Å². The minimum absolute atomic E-state index is 0.0207. The van der Waals surface area contributed by atoms with Crippen LogP contribution in [0.25, 0.3) is 5.69 Å². The number of aromatic nitrogens is 4. The fourth-order valence-corrected chi connectivity index (χ4v) is 8.87. The molecule has 2 aliphatic heterocycles. The third kappa shape index (κ3) is 4.40. The molecule has 1 saturated heterocycles. The van der Waals surface area contributed by atoms with E-state index in [9.17, 15) is 9.59 Å². The number of amides is 1. The van der Waals surface area contributed by atoms with Crippen molar-refractivity contribution in [3.63, 3.8) is 0 Å². The average Bonchev–Trinajstić information content (AvgIpc) is 3.53. The van der Waals surface area contributed by atoms with E-state index in [0.717, 1.165) is 0 Å². The Balaban J connectivity index is 1.55. The summed E-state index contributed by atoms with van der Waals surface area (Å²) in [6.45, 7) is 5.64. The van der Waals surface area contributed by atoms with Crippen molar-refractivity contribution in [3.8, 4) is 11.4 Å².